The van der Waals surface area contributed by atoms with Gasteiger partial charge in [-0.2, -0.15) is 0 Å². The number of hydrogen-bond acceptors (Lipinski definition) is 4. The molecule has 0 saturated carbocycles. The van der Waals surface area contributed by atoms with Gasteiger partial charge in [0.05, 0.1) is 5.56 Å². The van der Waals surface area contributed by atoms with Crippen LogP contribution in [0, 0.1) is 0 Å². The maximum absolute atomic E-state index is 12.1. The van der Waals surface area contributed by atoms with Gasteiger partial charge in [-0.25, -0.2) is 9.97 Å². The van der Waals surface area contributed by atoms with Gasteiger partial charge >= 0.3 is 0 Å². The van der Waals surface area contributed by atoms with Crippen molar-refractivity contribution in [2.24, 2.45) is 0 Å². The van der Waals surface area contributed by atoms with Crippen LogP contribution >= 0.6 is 23.2 Å². The average molecular weight is 387 g/mol. The van der Waals surface area contributed by atoms with Crippen molar-refractivity contribution in [2.75, 3.05) is 11.9 Å². The van der Waals surface area contributed by atoms with E-state index >= 15 is 0 Å². The Hall–Kier alpha value is -2.63. The number of aromatic nitrogens is 2. The summed E-state index contributed by atoms with van der Waals surface area (Å²) in [6, 6.07) is 14.7. The lowest BCUT2D eigenvalue weighted by Gasteiger charge is -2.07. The van der Waals surface area contributed by atoms with E-state index in [0.717, 1.165) is 17.7 Å². The van der Waals surface area contributed by atoms with Gasteiger partial charge in [-0.3, -0.25) is 4.79 Å². The van der Waals surface area contributed by atoms with Crippen LogP contribution in [0.15, 0.2) is 60.9 Å². The SMILES string of the molecule is O=C(NCCc1ccc(Cl)cc1)c1cnc(Nc2ccc(Cl)cc2)nc1. The molecule has 132 valence electrons. The van der Waals surface area contributed by atoms with Gasteiger partial charge in [-0.1, -0.05) is 35.3 Å². The van der Waals surface area contributed by atoms with Crippen molar-refractivity contribution in [3.8, 4) is 0 Å². The summed E-state index contributed by atoms with van der Waals surface area (Å²) in [4.78, 5) is 20.5. The second-order valence-electron chi connectivity index (χ2n) is 5.56. The number of carbonyl (C=O) groups is 1. The number of nitrogens with one attached hydrogen (secondary N) is 2. The minimum Gasteiger partial charge on any atom is -0.352 e. The Morgan fingerprint density at radius 3 is 2.08 bits per heavy atom. The number of carbonyl (C=O) groups excluding carboxylic acids is 1. The second-order valence-corrected chi connectivity index (χ2v) is 6.43. The summed E-state index contributed by atoms with van der Waals surface area (Å²) in [6.45, 7) is 0.519. The summed E-state index contributed by atoms with van der Waals surface area (Å²) in [5.74, 6) is 0.196. The fourth-order valence-corrected chi connectivity index (χ4v) is 2.50. The molecule has 7 heteroatoms. The number of nitrogens with zero attached hydrogens (tertiary/aromatic N) is 2. The van der Waals surface area contributed by atoms with Gasteiger partial charge in [0.25, 0.3) is 5.91 Å². The van der Waals surface area contributed by atoms with Crippen LogP contribution in [0.3, 0.4) is 0 Å². The van der Waals surface area contributed by atoms with Crippen LogP contribution in [0.1, 0.15) is 15.9 Å². The summed E-state index contributed by atoms with van der Waals surface area (Å²) in [7, 11) is 0. The van der Waals surface area contributed by atoms with Crippen molar-refractivity contribution in [2.45, 2.75) is 6.42 Å². The van der Waals surface area contributed by atoms with Crippen LogP contribution in [0.5, 0.6) is 0 Å². The number of amides is 1. The molecule has 1 amide bonds. The Balaban J connectivity index is 1.51. The molecule has 1 aromatic heterocycles. The smallest absolute Gasteiger partial charge is 0.254 e. The highest BCUT2D eigenvalue weighted by atomic mass is 35.5. The van der Waals surface area contributed by atoms with Crippen molar-refractivity contribution in [1.82, 2.24) is 15.3 Å². The summed E-state index contributed by atoms with van der Waals surface area (Å²) in [5, 5.41) is 7.24. The van der Waals surface area contributed by atoms with E-state index in [1.165, 1.54) is 12.4 Å². The number of halogens is 2. The zero-order chi connectivity index (χ0) is 18.4. The molecule has 0 aliphatic rings. The van der Waals surface area contributed by atoms with Crippen LogP contribution in [-0.2, 0) is 6.42 Å². The number of rotatable bonds is 6. The van der Waals surface area contributed by atoms with E-state index in [0.29, 0.717) is 28.1 Å². The van der Waals surface area contributed by atoms with Crippen LogP contribution in [-0.4, -0.2) is 22.4 Å². The molecule has 0 unspecified atom stereocenters. The highest BCUT2D eigenvalue weighted by Gasteiger charge is 2.07. The summed E-state index contributed by atoms with van der Waals surface area (Å²) < 4.78 is 0. The molecule has 0 fully saturated rings. The molecule has 1 heterocycles. The molecule has 0 saturated heterocycles. The first-order valence-electron chi connectivity index (χ1n) is 7.97. The molecule has 2 N–H and O–H groups in total. The summed E-state index contributed by atoms with van der Waals surface area (Å²) in [6.07, 6.45) is 3.70. The molecular weight excluding hydrogens is 371 g/mol. The molecule has 0 radical (unpaired) electrons. The maximum Gasteiger partial charge on any atom is 0.254 e. The van der Waals surface area contributed by atoms with Crippen LogP contribution in [0.25, 0.3) is 0 Å². The molecular formula is C19H16Cl2N4O. The number of anilines is 2. The Labute approximate surface area is 161 Å². The highest BCUT2D eigenvalue weighted by Crippen LogP contribution is 2.16. The molecule has 0 aliphatic carbocycles. The summed E-state index contributed by atoms with van der Waals surface area (Å²) >= 11 is 11.7. The van der Waals surface area contributed by atoms with E-state index in [2.05, 4.69) is 20.6 Å². The van der Waals surface area contributed by atoms with E-state index in [9.17, 15) is 4.79 Å². The molecule has 3 aromatic rings. The third-order valence-corrected chi connectivity index (χ3v) is 4.13. The minimum absolute atomic E-state index is 0.211. The fourth-order valence-electron chi connectivity index (χ4n) is 2.25. The van der Waals surface area contributed by atoms with E-state index in [1.54, 1.807) is 12.1 Å². The first kappa shape index (κ1) is 18.2. The Kier molecular flexibility index (Phi) is 6.04. The van der Waals surface area contributed by atoms with Crippen LogP contribution < -0.4 is 10.6 Å². The van der Waals surface area contributed by atoms with E-state index in [4.69, 9.17) is 23.2 Å². The largest absolute Gasteiger partial charge is 0.352 e. The zero-order valence-electron chi connectivity index (χ0n) is 13.7. The third kappa shape index (κ3) is 5.18. The zero-order valence-corrected chi connectivity index (χ0v) is 15.3. The van der Waals surface area contributed by atoms with E-state index < -0.39 is 0 Å². The molecule has 0 aliphatic heterocycles. The van der Waals surface area contributed by atoms with Gasteiger partial charge in [0.2, 0.25) is 5.95 Å². The van der Waals surface area contributed by atoms with Crippen molar-refractivity contribution in [1.29, 1.82) is 0 Å². The highest BCUT2D eigenvalue weighted by molar-refractivity contribution is 6.30. The summed E-state index contributed by atoms with van der Waals surface area (Å²) in [5.41, 5.74) is 2.32. The average Bonchev–Trinajstić information content (AvgIpc) is 2.66. The molecule has 0 spiro atoms. The van der Waals surface area contributed by atoms with Crippen molar-refractivity contribution < 1.29 is 4.79 Å². The monoisotopic (exact) mass is 386 g/mol. The van der Waals surface area contributed by atoms with Gasteiger partial charge in [0, 0.05) is 34.7 Å². The lowest BCUT2D eigenvalue weighted by Crippen LogP contribution is -2.26. The molecule has 2 aromatic carbocycles. The fraction of sp³-hybridized carbons (Fsp3) is 0.105. The first-order valence-corrected chi connectivity index (χ1v) is 8.73. The Morgan fingerprint density at radius 1 is 0.885 bits per heavy atom. The molecule has 0 bridgehead atoms. The first-order chi connectivity index (χ1) is 12.6. The van der Waals surface area contributed by atoms with E-state index in [1.807, 2.05) is 36.4 Å². The molecule has 5 nitrogen and oxygen atoms in total. The third-order valence-electron chi connectivity index (χ3n) is 3.63. The predicted molar refractivity (Wildman–Crippen MR) is 104 cm³/mol. The maximum atomic E-state index is 12.1. The molecule has 0 atom stereocenters. The Bertz CT molecular complexity index is 866. The van der Waals surface area contributed by atoms with Crippen LogP contribution in [0.2, 0.25) is 10.0 Å². The van der Waals surface area contributed by atoms with Crippen molar-refractivity contribution in [3.63, 3.8) is 0 Å². The van der Waals surface area contributed by atoms with Gasteiger partial charge in [0.1, 0.15) is 0 Å². The molecule has 3 rings (SSSR count). The van der Waals surface area contributed by atoms with Crippen molar-refractivity contribution >= 4 is 40.7 Å². The second kappa shape index (κ2) is 8.65. The van der Waals surface area contributed by atoms with Crippen LogP contribution in [0.4, 0.5) is 11.6 Å². The topological polar surface area (TPSA) is 66.9 Å². The van der Waals surface area contributed by atoms with E-state index in [-0.39, 0.29) is 5.91 Å². The van der Waals surface area contributed by atoms with Crippen molar-refractivity contribution in [3.05, 3.63) is 82.1 Å². The predicted octanol–water partition coefficient (Wildman–Crippen LogP) is 4.50. The van der Waals surface area contributed by atoms with Gasteiger partial charge < -0.3 is 10.6 Å². The standard InChI is InChI=1S/C19H16Cl2N4O/c20-15-3-1-13(2-4-15)9-10-22-18(26)14-11-23-19(24-12-14)25-17-7-5-16(21)6-8-17/h1-8,11-12H,9-10H2,(H,22,26)(H,23,24,25). The normalized spacial score (nSPS) is 10.4. The van der Waals surface area contributed by atoms with Gasteiger partial charge in [-0.15, -0.1) is 0 Å². The van der Waals surface area contributed by atoms with Gasteiger partial charge in [0.15, 0.2) is 0 Å². The molecule has 26 heavy (non-hydrogen) atoms. The quantitative estimate of drug-likeness (QED) is 0.654. The number of hydrogen-bond donors (Lipinski definition) is 2. The number of benzene rings is 2. The van der Waals surface area contributed by atoms with Gasteiger partial charge in [-0.05, 0) is 48.4 Å². The lowest BCUT2D eigenvalue weighted by molar-refractivity contribution is 0.0953. The minimum atomic E-state index is -0.211. The Morgan fingerprint density at radius 2 is 1.46 bits per heavy atom. The lowest BCUT2D eigenvalue weighted by atomic mass is 10.1.